The fraction of sp³-hybridized carbons (Fsp3) is 0.725. The number of aliphatic carboxylic acids is 1. The number of imidazole rings is 1. The first kappa shape index (κ1) is 118. The van der Waals surface area contributed by atoms with Gasteiger partial charge in [0.25, 0.3) is 0 Å². The molecule has 0 aliphatic carbocycles. The zero-order valence-electron chi connectivity index (χ0n) is 76.2. The Morgan fingerprint density at radius 1 is 0.406 bits per heavy atom. The predicted molar refractivity (Wildman–Crippen MR) is 490 cm³/mol. The van der Waals surface area contributed by atoms with Crippen molar-refractivity contribution in [2.75, 3.05) is 77.1 Å². The van der Waals surface area contributed by atoms with Gasteiger partial charge < -0.3 is 167 Å². The van der Waals surface area contributed by atoms with Crippen LogP contribution in [0.1, 0.15) is 175 Å². The fourth-order valence-corrected chi connectivity index (χ4v) is 15.4. The third kappa shape index (κ3) is 47.1. The molecule has 40 N–H and O–H groups in total. The number of nitrogens with zero attached hydrogens (tertiary/aromatic N) is 2. The summed E-state index contributed by atoms with van der Waals surface area (Å²) in [6.45, 7) is 3.95. The van der Waals surface area contributed by atoms with Gasteiger partial charge in [-0.3, -0.25) is 86.5 Å². The van der Waals surface area contributed by atoms with Gasteiger partial charge in [0.15, 0.2) is 5.96 Å². The van der Waals surface area contributed by atoms with E-state index < -0.39 is 248 Å². The molecule has 0 spiro atoms. The Morgan fingerprint density at radius 2 is 0.729 bits per heavy atom. The van der Waals surface area contributed by atoms with E-state index in [1.165, 1.54) is 12.5 Å². The van der Waals surface area contributed by atoms with E-state index >= 15 is 0 Å². The van der Waals surface area contributed by atoms with Gasteiger partial charge in [-0.15, -0.1) is 0 Å². The molecule has 51 nitrogen and oxygen atoms in total. The minimum atomic E-state index is -2.10. The van der Waals surface area contributed by atoms with Crippen molar-refractivity contribution < 1.29 is 112 Å². The molecule has 0 radical (unpaired) electrons. The molecule has 754 valence electrons. The highest BCUT2D eigenvalue weighted by Gasteiger charge is 2.40. The van der Waals surface area contributed by atoms with Gasteiger partial charge in [0.2, 0.25) is 100 Å². The highest BCUT2D eigenvalue weighted by Crippen LogP contribution is 2.24. The minimum Gasteiger partial charge on any atom is -0.480 e. The second-order valence-electron chi connectivity index (χ2n) is 32.8. The number of rotatable bonds is 38. The van der Waals surface area contributed by atoms with E-state index in [0.717, 1.165) is 28.5 Å². The van der Waals surface area contributed by atoms with Gasteiger partial charge in [-0.2, -0.15) is 0 Å². The molecular formula is C80H144N28O23S2. The van der Waals surface area contributed by atoms with Gasteiger partial charge >= 0.3 is 5.97 Å². The topological polar surface area (TPSA) is 876 Å². The third-order valence-corrected chi connectivity index (χ3v) is 23.0. The second kappa shape index (κ2) is 65.8. The molecule has 1 aromatic rings. The molecule has 0 aromatic carbocycles. The lowest BCUT2D eigenvalue weighted by Crippen LogP contribution is -2.63. The number of aromatic nitrogens is 2. The number of aliphatic hydroxyl groups excluding tert-OH is 4. The Hall–Kier alpha value is -10.8. The number of unbranched alkanes of at least 4 members (excludes halogenated alkanes) is 5. The Kier molecular flexibility index (Phi) is 58.5. The van der Waals surface area contributed by atoms with Crippen molar-refractivity contribution in [1.29, 1.82) is 0 Å². The van der Waals surface area contributed by atoms with Crippen LogP contribution >= 0.6 is 21.6 Å². The maximum absolute atomic E-state index is 14.8. The summed E-state index contributed by atoms with van der Waals surface area (Å²) in [6, 6.07) is -26.3. The third-order valence-electron chi connectivity index (χ3n) is 20.6. The number of hydrogen-bond donors (Lipinski definition) is 31. The number of carboxylic acid groups (broad SMARTS) is 1. The molecule has 1 aromatic heterocycles. The normalized spacial score (nSPS) is 25.3. The molecule has 8 unspecified atom stereocenters. The number of carbonyl (C=O) groups excluding carboxylic acids is 17. The molecule has 2 rings (SSSR count). The maximum Gasteiger partial charge on any atom is 0.327 e. The van der Waals surface area contributed by atoms with Gasteiger partial charge in [-0.1, -0.05) is 49.3 Å². The SMILES string of the molecule is CC(C)CC1NC(=O)[C@H](CCCCN)NC(=O)C(CCCCN)NC(=O)[C@H](Cc2cnc[nH]2)NC(=O)C(CCCN=C(N)N)NC(=O)C(CO)NC(=O)[C@H]([C@@H](C)O)NC(=O)C(CO)NC(=O)[C@H](CCC(N)=O)NC(=O)CNC(=O)[C@H](CCCCN)NC(=O)C(CCCCN)NC(=O)[C@H](CO)NC(=O)C(CCCCN)NC(=O)C(CC(C)C)NC(=O)[C@@H](N)CSSC[C@@H](C(=O)O)NC1=O. The summed E-state index contributed by atoms with van der Waals surface area (Å²) in [4.78, 5) is 264. The van der Waals surface area contributed by atoms with Crippen molar-refractivity contribution in [2.24, 2.45) is 68.4 Å². The molecule has 133 heavy (non-hydrogen) atoms. The lowest BCUT2D eigenvalue weighted by atomic mass is 10.0. The number of aliphatic imine (C=N–C) groups is 1. The number of nitrogens with two attached hydrogens (primary N) is 9. The summed E-state index contributed by atoms with van der Waals surface area (Å²) in [5, 5.41) is 92.4. The van der Waals surface area contributed by atoms with Gasteiger partial charge in [0.05, 0.1) is 44.8 Å². The van der Waals surface area contributed by atoms with Crippen LogP contribution in [0.15, 0.2) is 17.5 Å². The number of guanidine groups is 1. The van der Waals surface area contributed by atoms with Crippen LogP contribution < -0.4 is 137 Å². The largest absolute Gasteiger partial charge is 0.480 e. The Morgan fingerprint density at radius 3 is 1.09 bits per heavy atom. The van der Waals surface area contributed by atoms with E-state index in [0.29, 0.717) is 32.1 Å². The second-order valence-corrected chi connectivity index (χ2v) is 35.4. The number of carbonyl (C=O) groups is 18. The molecule has 2 heterocycles. The van der Waals surface area contributed by atoms with Crippen LogP contribution in [0.25, 0.3) is 0 Å². The van der Waals surface area contributed by atoms with Crippen LogP contribution in [0.5, 0.6) is 0 Å². The summed E-state index contributed by atoms with van der Waals surface area (Å²) in [7, 11) is 1.84. The van der Waals surface area contributed by atoms with Crippen molar-refractivity contribution >= 4 is 134 Å². The standard InChI is InChI=1S/C80H144N28O23S2/c1-42(2)31-54-72(123)97-51(21-10-15-29-85)70(121)104-57(36-109)75(126)99-49(19-8-13-27-83)66(117)95-47(17-6-11-25-81)65(116)92-35-62(114)94-53(23-24-61(87)113)71(122)105-59(38-111)77(128)108-63(44(5)112)78(129)106-58(37-110)76(127)100-52(22-16-30-91-80(88)89)69(120)103-56(33-45-34-90-41-93-45)74(125)98-48(18-7-12-26-82)67(118)96-50(20-9-14-28-84)68(119)102-55(32-43(3)4)73(124)107-60(79(130)131)40-133-132-39-46(86)64(115)101-54/h34,41-44,46-60,63,109-112H,6-33,35-40,81-86H2,1-5H3,(H2,87,113)(H,90,93)(H,92,116)(H,94,114)(H,95,117)(H,96,118)(H,97,123)(H,98,125)(H,99,126)(H,100,127)(H,101,115)(H,102,119)(H,103,120)(H,104,121)(H,105,122)(H,106,129)(H,107,124)(H,108,128)(H,130,131)(H4,88,89,91)/t44-,46+,47+,48?,49?,50+,51?,52?,53+,54?,55?,56+,57+,58?,59?,60+,63+/m1/s1. The molecule has 53 heteroatoms. The Labute approximate surface area is 779 Å². The first-order valence-corrected chi connectivity index (χ1v) is 47.0. The fourth-order valence-electron chi connectivity index (χ4n) is 13.2. The van der Waals surface area contributed by atoms with Crippen molar-refractivity contribution in [1.82, 2.24) is 95.0 Å². The monoisotopic (exact) mass is 1930 g/mol. The van der Waals surface area contributed by atoms with Gasteiger partial charge in [0, 0.05) is 42.8 Å². The maximum atomic E-state index is 14.8. The highest BCUT2D eigenvalue weighted by atomic mass is 33.1. The van der Waals surface area contributed by atoms with Gasteiger partial charge in [-0.05, 0) is 180 Å². The van der Waals surface area contributed by atoms with Crippen LogP contribution in [0, 0.1) is 11.8 Å². The number of hydrogen-bond acceptors (Lipinski definition) is 32. The molecular weight excluding hydrogens is 1790 g/mol. The average molecular weight is 1930 g/mol. The van der Waals surface area contributed by atoms with Crippen LogP contribution in [0.4, 0.5) is 0 Å². The quantitative estimate of drug-likeness (QED) is 0.0127. The van der Waals surface area contributed by atoms with E-state index in [9.17, 15) is 112 Å². The van der Waals surface area contributed by atoms with Crippen molar-refractivity contribution in [3.63, 3.8) is 0 Å². The molecule has 17 atom stereocenters. The molecule has 0 saturated carbocycles. The van der Waals surface area contributed by atoms with Crippen molar-refractivity contribution in [2.45, 2.75) is 279 Å². The average Bonchev–Trinajstić information content (AvgIpc) is 1.58. The molecule has 17 amide bonds. The molecule has 1 aliphatic rings. The van der Waals surface area contributed by atoms with E-state index in [2.05, 4.69) is 100 Å². The summed E-state index contributed by atoms with van der Waals surface area (Å²) < 4.78 is 0. The molecule has 1 saturated heterocycles. The number of carboxylic acids is 1. The van der Waals surface area contributed by atoms with Crippen molar-refractivity contribution in [3.05, 3.63) is 18.2 Å². The van der Waals surface area contributed by atoms with E-state index in [-0.39, 0.29) is 171 Å². The summed E-state index contributed by atoms with van der Waals surface area (Å²) in [5.41, 5.74) is 52.2. The number of aromatic amines is 1. The van der Waals surface area contributed by atoms with Gasteiger partial charge in [-0.25, -0.2) is 9.78 Å². The smallest absolute Gasteiger partial charge is 0.327 e. The lowest BCUT2D eigenvalue weighted by molar-refractivity contribution is -0.141. The lowest BCUT2D eigenvalue weighted by Gasteiger charge is -2.28. The molecule has 1 fully saturated rings. The Bertz CT molecular complexity index is 3890. The van der Waals surface area contributed by atoms with E-state index in [4.69, 9.17) is 51.6 Å². The van der Waals surface area contributed by atoms with E-state index in [1.54, 1.807) is 27.7 Å². The van der Waals surface area contributed by atoms with Crippen LogP contribution in [0.2, 0.25) is 0 Å². The summed E-state index contributed by atoms with van der Waals surface area (Å²) in [6.07, 6.45) is 0.740. The number of amides is 17. The number of primary amides is 1. The highest BCUT2D eigenvalue weighted by molar-refractivity contribution is 8.76. The molecule has 1 aliphatic heterocycles. The van der Waals surface area contributed by atoms with Crippen LogP contribution in [-0.4, -0.2) is 328 Å². The number of H-pyrrole nitrogens is 1. The predicted octanol–water partition coefficient (Wildman–Crippen LogP) is -11.4. The summed E-state index contributed by atoms with van der Waals surface area (Å²) in [5.74, 6) is -21.2. The van der Waals surface area contributed by atoms with Gasteiger partial charge in [0.1, 0.15) is 90.6 Å². The Balaban J connectivity index is 2.92. The van der Waals surface area contributed by atoms with E-state index in [1.807, 2.05) is 0 Å². The van der Waals surface area contributed by atoms with Crippen LogP contribution in [0.3, 0.4) is 0 Å². The first-order valence-electron chi connectivity index (χ1n) is 44.5. The van der Waals surface area contributed by atoms with Crippen LogP contribution in [-0.2, 0) is 92.7 Å². The zero-order chi connectivity index (χ0) is 99.8. The minimum absolute atomic E-state index is 0.0119. The first-order chi connectivity index (χ1) is 63.1. The molecule has 0 bridgehead atoms. The summed E-state index contributed by atoms with van der Waals surface area (Å²) >= 11 is 0. The number of nitrogens with one attached hydrogen (secondary N) is 17. The number of aliphatic hydroxyl groups is 4. The van der Waals surface area contributed by atoms with Crippen molar-refractivity contribution in [3.8, 4) is 0 Å². The zero-order valence-corrected chi connectivity index (χ0v) is 77.8.